The molecule has 20 heavy (non-hydrogen) atoms. The highest BCUT2D eigenvalue weighted by Gasteiger charge is 2.13. The van der Waals surface area contributed by atoms with Gasteiger partial charge >= 0.3 is 0 Å². The molecule has 1 amide bonds. The number of rotatable bonds is 7. The van der Waals surface area contributed by atoms with Gasteiger partial charge in [0.1, 0.15) is 5.75 Å². The molecule has 1 aromatic rings. The van der Waals surface area contributed by atoms with Crippen LogP contribution in [0.15, 0.2) is 24.3 Å². The minimum absolute atomic E-state index is 0.0688. The van der Waals surface area contributed by atoms with Crippen molar-refractivity contribution in [3.05, 3.63) is 29.8 Å². The van der Waals surface area contributed by atoms with Gasteiger partial charge in [0.25, 0.3) is 0 Å². The van der Waals surface area contributed by atoms with E-state index in [1.165, 1.54) is 0 Å². The molecule has 0 aromatic heterocycles. The van der Waals surface area contributed by atoms with Gasteiger partial charge in [-0.1, -0.05) is 12.1 Å². The molecule has 0 spiro atoms. The molecule has 0 unspecified atom stereocenters. The zero-order chi connectivity index (χ0) is 14.8. The molecule has 0 fully saturated rings. The van der Waals surface area contributed by atoms with Crippen molar-refractivity contribution in [1.82, 2.24) is 4.90 Å². The molecular weight excluding hydrogens is 254 g/mol. The summed E-state index contributed by atoms with van der Waals surface area (Å²) >= 11 is 0. The summed E-state index contributed by atoms with van der Waals surface area (Å²) in [6.07, 6.45) is 0.820. The Morgan fingerprint density at radius 3 is 2.15 bits per heavy atom. The molecule has 0 atom stereocenters. The molecule has 0 N–H and O–H groups in total. The second kappa shape index (κ2) is 8.55. The summed E-state index contributed by atoms with van der Waals surface area (Å²) in [6.45, 7) is 0.736. The fraction of sp³-hybridized carbons (Fsp3) is 0.400. The molecule has 0 saturated heterocycles. The summed E-state index contributed by atoms with van der Waals surface area (Å²) in [5, 5.41) is 17.2. The van der Waals surface area contributed by atoms with Crippen molar-refractivity contribution in [2.45, 2.75) is 19.3 Å². The molecule has 104 valence electrons. The normalized spacial score (nSPS) is 9.35. The number of hydrogen-bond donors (Lipinski definition) is 0. The molecule has 1 aromatic carbocycles. The quantitative estimate of drug-likeness (QED) is 0.758. The van der Waals surface area contributed by atoms with Gasteiger partial charge in [0.15, 0.2) is 0 Å². The third kappa shape index (κ3) is 4.99. The van der Waals surface area contributed by atoms with Crippen molar-refractivity contribution < 1.29 is 9.53 Å². The monoisotopic (exact) mass is 271 g/mol. The van der Waals surface area contributed by atoms with Crippen molar-refractivity contribution in [3.63, 3.8) is 0 Å². The fourth-order valence-corrected chi connectivity index (χ4v) is 1.76. The summed E-state index contributed by atoms with van der Waals surface area (Å²) < 4.78 is 5.06. The van der Waals surface area contributed by atoms with Gasteiger partial charge in [-0.15, -0.1) is 0 Å². The third-order valence-corrected chi connectivity index (χ3v) is 2.85. The number of nitrogens with zero attached hydrogens (tertiary/aromatic N) is 3. The number of nitriles is 2. The maximum Gasteiger partial charge on any atom is 0.227 e. The van der Waals surface area contributed by atoms with Crippen molar-refractivity contribution in [3.8, 4) is 17.9 Å². The molecule has 0 aliphatic rings. The number of carbonyl (C=O) groups excluding carboxylic acids is 1. The lowest BCUT2D eigenvalue weighted by Gasteiger charge is -2.20. The van der Waals surface area contributed by atoms with Crippen LogP contribution in [0.2, 0.25) is 0 Å². The summed E-state index contributed by atoms with van der Waals surface area (Å²) in [5.74, 6) is 0.674. The van der Waals surface area contributed by atoms with Gasteiger partial charge in [-0.05, 0) is 17.7 Å². The minimum Gasteiger partial charge on any atom is -0.497 e. The summed E-state index contributed by atoms with van der Waals surface area (Å²) in [5.41, 5.74) is 0.884. The van der Waals surface area contributed by atoms with Crippen LogP contribution >= 0.6 is 0 Å². The zero-order valence-electron chi connectivity index (χ0n) is 11.5. The highest BCUT2D eigenvalue weighted by atomic mass is 16.5. The van der Waals surface area contributed by atoms with Gasteiger partial charge < -0.3 is 9.64 Å². The van der Waals surface area contributed by atoms with Gasteiger partial charge in [0, 0.05) is 13.1 Å². The van der Waals surface area contributed by atoms with Crippen LogP contribution in [0.1, 0.15) is 18.4 Å². The van der Waals surface area contributed by atoms with Crippen molar-refractivity contribution in [1.29, 1.82) is 10.5 Å². The van der Waals surface area contributed by atoms with E-state index in [4.69, 9.17) is 15.3 Å². The number of amides is 1. The van der Waals surface area contributed by atoms with E-state index >= 15 is 0 Å². The first-order chi connectivity index (χ1) is 9.71. The van der Waals surface area contributed by atoms with Crippen molar-refractivity contribution >= 4 is 5.91 Å². The number of methoxy groups -OCH3 is 1. The maximum atomic E-state index is 12.2. The summed E-state index contributed by atoms with van der Waals surface area (Å²) in [6, 6.07) is 11.3. The van der Waals surface area contributed by atoms with E-state index in [1.54, 1.807) is 24.1 Å². The Labute approximate surface area is 119 Å². The van der Waals surface area contributed by atoms with E-state index in [9.17, 15) is 4.79 Å². The minimum atomic E-state index is -0.0688. The molecule has 0 heterocycles. The average Bonchev–Trinajstić information content (AvgIpc) is 2.48. The number of ether oxygens (including phenoxy) is 1. The first-order valence-electron chi connectivity index (χ1n) is 6.36. The van der Waals surface area contributed by atoms with Crippen molar-refractivity contribution in [2.75, 3.05) is 20.2 Å². The Morgan fingerprint density at radius 1 is 1.15 bits per heavy atom. The highest BCUT2D eigenvalue weighted by molar-refractivity contribution is 5.78. The maximum absolute atomic E-state index is 12.2. The first-order valence-corrected chi connectivity index (χ1v) is 6.36. The second-order valence-corrected chi connectivity index (χ2v) is 4.22. The van der Waals surface area contributed by atoms with Crippen LogP contribution in [0.5, 0.6) is 5.75 Å². The average molecular weight is 271 g/mol. The fourth-order valence-electron chi connectivity index (χ4n) is 1.76. The molecular formula is C15H17N3O2. The second-order valence-electron chi connectivity index (χ2n) is 4.22. The number of benzene rings is 1. The molecule has 0 radical (unpaired) electrons. The Bertz CT molecular complexity index is 493. The van der Waals surface area contributed by atoms with Gasteiger partial charge in [-0.25, -0.2) is 0 Å². The van der Waals surface area contributed by atoms with Crippen LogP contribution in [0.25, 0.3) is 0 Å². The van der Waals surface area contributed by atoms with Gasteiger partial charge in [-0.3, -0.25) is 4.79 Å². The Morgan fingerprint density at radius 2 is 1.70 bits per heavy atom. The molecule has 0 aliphatic heterocycles. The van der Waals surface area contributed by atoms with Crippen molar-refractivity contribution in [2.24, 2.45) is 0 Å². The highest BCUT2D eigenvalue weighted by Crippen LogP contribution is 2.12. The van der Waals surface area contributed by atoms with Gasteiger partial charge in [0.2, 0.25) is 5.91 Å². The molecule has 0 bridgehead atoms. The summed E-state index contributed by atoms with van der Waals surface area (Å²) in [4.78, 5) is 13.7. The topological polar surface area (TPSA) is 77.1 Å². The van der Waals surface area contributed by atoms with E-state index < -0.39 is 0 Å². The van der Waals surface area contributed by atoms with E-state index in [1.807, 2.05) is 24.3 Å². The molecule has 0 aliphatic carbocycles. The predicted molar refractivity (Wildman–Crippen MR) is 73.7 cm³/mol. The molecule has 0 saturated carbocycles. The third-order valence-electron chi connectivity index (χ3n) is 2.85. The van der Waals surface area contributed by atoms with Gasteiger partial charge in [0.05, 0.1) is 38.5 Å². The largest absolute Gasteiger partial charge is 0.497 e. The van der Waals surface area contributed by atoms with Crippen LogP contribution in [0.3, 0.4) is 0 Å². The zero-order valence-corrected chi connectivity index (χ0v) is 11.5. The Kier molecular flexibility index (Phi) is 6.64. The molecule has 1 rings (SSSR count). The SMILES string of the molecule is COc1ccc(CC(=O)N(CCC#N)CCC#N)cc1. The van der Waals surface area contributed by atoms with E-state index in [-0.39, 0.29) is 25.2 Å². The van der Waals surface area contributed by atoms with Crippen LogP contribution in [-0.4, -0.2) is 31.0 Å². The van der Waals surface area contributed by atoms with Gasteiger partial charge in [-0.2, -0.15) is 10.5 Å². The van der Waals surface area contributed by atoms with E-state index in [2.05, 4.69) is 0 Å². The predicted octanol–water partition coefficient (Wildman–Crippen LogP) is 1.89. The van der Waals surface area contributed by atoms with E-state index in [0.717, 1.165) is 11.3 Å². The smallest absolute Gasteiger partial charge is 0.227 e. The first kappa shape index (κ1) is 15.5. The van der Waals surface area contributed by atoms with E-state index in [0.29, 0.717) is 13.1 Å². The molecule has 5 heteroatoms. The Hall–Kier alpha value is -2.53. The lowest BCUT2D eigenvalue weighted by atomic mass is 10.1. The lowest BCUT2D eigenvalue weighted by molar-refractivity contribution is -0.130. The van der Waals surface area contributed by atoms with Crippen LogP contribution in [0.4, 0.5) is 0 Å². The summed E-state index contributed by atoms with van der Waals surface area (Å²) in [7, 11) is 1.59. The van der Waals surface area contributed by atoms with Crippen LogP contribution < -0.4 is 4.74 Å². The number of carbonyl (C=O) groups is 1. The Balaban J connectivity index is 2.63. The van der Waals surface area contributed by atoms with Crippen LogP contribution in [0, 0.1) is 22.7 Å². The number of hydrogen-bond acceptors (Lipinski definition) is 4. The molecule has 5 nitrogen and oxygen atoms in total. The van der Waals surface area contributed by atoms with Crippen LogP contribution in [-0.2, 0) is 11.2 Å². The lowest BCUT2D eigenvalue weighted by Crippen LogP contribution is -2.33. The standard InChI is InChI=1S/C15H17N3O2/c1-20-14-6-4-13(5-7-14)12-15(19)18(10-2-8-16)11-3-9-17/h4-7H,2-3,10-12H2,1H3.